The zero-order chi connectivity index (χ0) is 13.3. The average molecular weight is 351 g/mol. The lowest BCUT2D eigenvalue weighted by Crippen LogP contribution is -2.38. The van der Waals surface area contributed by atoms with Crippen molar-refractivity contribution in [1.29, 1.82) is 0 Å². The van der Waals surface area contributed by atoms with E-state index in [0.29, 0.717) is 26.4 Å². The molecule has 0 heterocycles. The second-order valence-corrected chi connectivity index (χ2v) is 6.83. The highest BCUT2D eigenvalue weighted by Crippen LogP contribution is 2.34. The monoisotopic (exact) mass is 349 g/mol. The minimum Gasteiger partial charge on any atom is -0.341 e. The van der Waals surface area contributed by atoms with Gasteiger partial charge < -0.3 is 4.90 Å². The minimum atomic E-state index is -0.108. The molecule has 0 N–H and O–H groups in total. The smallest absolute Gasteiger partial charge is 0.256 e. The molecule has 0 radical (unpaired) electrons. The molecule has 5 heteroatoms. The molecule has 1 aliphatic carbocycles. The molecule has 18 heavy (non-hydrogen) atoms. The fourth-order valence-electron chi connectivity index (χ4n) is 2.17. The molecule has 1 aromatic carbocycles. The molecule has 1 fully saturated rings. The second-order valence-electron chi connectivity index (χ2n) is 4.72. The highest BCUT2D eigenvalue weighted by Gasteiger charge is 2.29. The topological polar surface area (TPSA) is 20.3 Å². The summed E-state index contributed by atoms with van der Waals surface area (Å²) in [5, 5.41) is 0.817. The summed E-state index contributed by atoms with van der Waals surface area (Å²) in [4.78, 5) is 14.6. The Balaban J connectivity index is 2.06. The van der Waals surface area contributed by atoms with Crippen molar-refractivity contribution in [1.82, 2.24) is 4.90 Å². The summed E-state index contributed by atoms with van der Waals surface area (Å²) in [5.74, 6) is 0.466. The van der Waals surface area contributed by atoms with Crippen LogP contribution in [-0.2, 0) is 0 Å². The van der Waals surface area contributed by atoms with E-state index < -0.39 is 0 Å². The van der Waals surface area contributed by atoms with Gasteiger partial charge in [-0.25, -0.2) is 0 Å². The molecule has 1 aliphatic rings. The predicted octanol–water partition coefficient (Wildman–Crippen LogP) is 4.24. The van der Waals surface area contributed by atoms with E-state index in [9.17, 15) is 4.79 Å². The largest absolute Gasteiger partial charge is 0.341 e. The number of halogens is 3. The third kappa shape index (κ3) is 3.01. The SMILES string of the molecule is CN(CC1CC(Br)C1)C(=O)c1c(Cl)cccc1Cl. The van der Waals surface area contributed by atoms with Crippen LogP contribution < -0.4 is 0 Å². The van der Waals surface area contributed by atoms with Crippen LogP contribution in [0.5, 0.6) is 0 Å². The lowest BCUT2D eigenvalue weighted by molar-refractivity contribution is 0.0749. The number of rotatable bonds is 3. The van der Waals surface area contributed by atoms with E-state index in [1.165, 1.54) is 0 Å². The van der Waals surface area contributed by atoms with Gasteiger partial charge in [0.15, 0.2) is 0 Å². The maximum Gasteiger partial charge on any atom is 0.256 e. The van der Waals surface area contributed by atoms with Crippen LogP contribution in [0.3, 0.4) is 0 Å². The molecule has 0 saturated heterocycles. The van der Waals surface area contributed by atoms with Gasteiger partial charge in [0.1, 0.15) is 0 Å². The van der Waals surface area contributed by atoms with E-state index in [1.807, 2.05) is 0 Å². The maximum atomic E-state index is 12.3. The van der Waals surface area contributed by atoms with Crippen molar-refractivity contribution in [2.24, 2.45) is 5.92 Å². The Morgan fingerprint density at radius 3 is 2.44 bits per heavy atom. The summed E-state index contributed by atoms with van der Waals surface area (Å²) in [7, 11) is 1.80. The first-order valence-corrected chi connectivity index (χ1v) is 7.49. The number of benzene rings is 1. The number of carbonyl (C=O) groups is 1. The van der Waals surface area contributed by atoms with Crippen LogP contribution in [0.4, 0.5) is 0 Å². The number of hydrogen-bond donors (Lipinski definition) is 0. The Morgan fingerprint density at radius 1 is 1.39 bits per heavy atom. The average Bonchev–Trinajstić information content (AvgIpc) is 2.26. The van der Waals surface area contributed by atoms with Gasteiger partial charge in [0.2, 0.25) is 0 Å². The van der Waals surface area contributed by atoms with Crippen molar-refractivity contribution in [3.05, 3.63) is 33.8 Å². The van der Waals surface area contributed by atoms with Gasteiger partial charge in [0.05, 0.1) is 15.6 Å². The van der Waals surface area contributed by atoms with E-state index in [4.69, 9.17) is 23.2 Å². The molecule has 0 atom stereocenters. The number of carbonyl (C=O) groups excluding carboxylic acids is 1. The molecule has 0 aromatic heterocycles. The van der Waals surface area contributed by atoms with Gasteiger partial charge in [0, 0.05) is 18.4 Å². The third-order valence-electron chi connectivity index (χ3n) is 3.23. The number of nitrogens with zero attached hydrogens (tertiary/aromatic N) is 1. The summed E-state index contributed by atoms with van der Waals surface area (Å²) in [6.07, 6.45) is 2.24. The predicted molar refractivity (Wildman–Crippen MR) is 78.9 cm³/mol. The Kier molecular flexibility index (Phi) is 4.57. The van der Waals surface area contributed by atoms with Gasteiger partial charge in [-0.05, 0) is 30.9 Å². The highest BCUT2D eigenvalue weighted by molar-refractivity contribution is 9.09. The van der Waals surface area contributed by atoms with Crippen molar-refractivity contribution in [2.45, 2.75) is 17.7 Å². The lowest BCUT2D eigenvalue weighted by Gasteiger charge is -2.34. The Morgan fingerprint density at radius 2 is 1.94 bits per heavy atom. The lowest BCUT2D eigenvalue weighted by atomic mass is 9.85. The number of hydrogen-bond acceptors (Lipinski definition) is 1. The van der Waals surface area contributed by atoms with Crippen molar-refractivity contribution in [3.8, 4) is 0 Å². The molecule has 1 amide bonds. The fourth-order valence-corrected chi connectivity index (χ4v) is 3.78. The van der Waals surface area contributed by atoms with Crippen molar-refractivity contribution in [2.75, 3.05) is 13.6 Å². The van der Waals surface area contributed by atoms with Crippen molar-refractivity contribution in [3.63, 3.8) is 0 Å². The zero-order valence-corrected chi connectivity index (χ0v) is 13.1. The first-order chi connectivity index (χ1) is 8.49. The molecule has 0 aliphatic heterocycles. The van der Waals surface area contributed by atoms with Gasteiger partial charge in [-0.3, -0.25) is 4.79 Å². The van der Waals surface area contributed by atoms with Gasteiger partial charge in [-0.1, -0.05) is 45.2 Å². The Labute approximate surface area is 125 Å². The van der Waals surface area contributed by atoms with E-state index in [2.05, 4.69) is 15.9 Å². The quantitative estimate of drug-likeness (QED) is 0.746. The molecule has 98 valence electrons. The van der Waals surface area contributed by atoms with E-state index in [1.54, 1.807) is 30.1 Å². The van der Waals surface area contributed by atoms with Crippen LogP contribution in [0.1, 0.15) is 23.2 Å². The third-order valence-corrected chi connectivity index (χ3v) is 4.61. The Hall–Kier alpha value is -0.250. The van der Waals surface area contributed by atoms with Gasteiger partial charge >= 0.3 is 0 Å². The van der Waals surface area contributed by atoms with E-state index in [0.717, 1.165) is 19.4 Å². The first-order valence-electron chi connectivity index (χ1n) is 5.82. The van der Waals surface area contributed by atoms with Crippen LogP contribution in [0.25, 0.3) is 0 Å². The number of alkyl halides is 1. The van der Waals surface area contributed by atoms with Crippen molar-refractivity contribution >= 4 is 45.0 Å². The van der Waals surface area contributed by atoms with Gasteiger partial charge in [-0.15, -0.1) is 0 Å². The highest BCUT2D eigenvalue weighted by atomic mass is 79.9. The van der Waals surface area contributed by atoms with Crippen LogP contribution in [-0.4, -0.2) is 29.2 Å². The molecule has 2 nitrogen and oxygen atoms in total. The van der Waals surface area contributed by atoms with Crippen LogP contribution in [0.15, 0.2) is 18.2 Å². The summed E-state index contributed by atoms with van der Waals surface area (Å²) in [5.41, 5.74) is 0.401. The van der Waals surface area contributed by atoms with E-state index in [-0.39, 0.29) is 5.91 Å². The summed E-state index contributed by atoms with van der Waals surface area (Å²) in [6, 6.07) is 5.11. The molecular formula is C13H14BrCl2NO. The molecule has 1 aromatic rings. The molecular weight excluding hydrogens is 337 g/mol. The summed E-state index contributed by atoms with van der Waals surface area (Å²) >= 11 is 15.6. The molecule has 0 unspecified atom stereocenters. The van der Waals surface area contributed by atoms with Gasteiger partial charge in [0.25, 0.3) is 5.91 Å². The van der Waals surface area contributed by atoms with Crippen LogP contribution >= 0.6 is 39.1 Å². The Bertz CT molecular complexity index is 440. The molecule has 0 spiro atoms. The first kappa shape index (κ1) is 14.2. The second kappa shape index (κ2) is 5.81. The number of amides is 1. The maximum absolute atomic E-state index is 12.3. The standard InChI is InChI=1S/C13H14BrCl2NO/c1-17(7-8-5-9(14)6-8)13(18)12-10(15)3-2-4-11(12)16/h2-4,8-9H,5-7H2,1H3. The fraction of sp³-hybridized carbons (Fsp3) is 0.462. The summed E-state index contributed by atoms with van der Waals surface area (Å²) < 4.78 is 0. The van der Waals surface area contributed by atoms with Crippen molar-refractivity contribution < 1.29 is 4.79 Å². The summed E-state index contributed by atoms with van der Waals surface area (Å²) in [6.45, 7) is 0.752. The minimum absolute atomic E-state index is 0.108. The molecule has 2 rings (SSSR count). The van der Waals surface area contributed by atoms with Crippen LogP contribution in [0.2, 0.25) is 10.0 Å². The van der Waals surface area contributed by atoms with Crippen LogP contribution in [0, 0.1) is 5.92 Å². The molecule has 0 bridgehead atoms. The molecule has 1 saturated carbocycles. The van der Waals surface area contributed by atoms with E-state index >= 15 is 0 Å². The zero-order valence-electron chi connectivity index (χ0n) is 10.00. The normalized spacial score (nSPS) is 22.4. The van der Waals surface area contributed by atoms with Gasteiger partial charge in [-0.2, -0.15) is 0 Å².